The predicted molar refractivity (Wildman–Crippen MR) is 176 cm³/mol. The van der Waals surface area contributed by atoms with Crippen LogP contribution in [-0.4, -0.2) is 69.1 Å². The van der Waals surface area contributed by atoms with Gasteiger partial charge in [-0.05, 0) is 102 Å². The molecule has 0 spiro atoms. The Kier molecular flexibility index (Phi) is 14.4. The molecule has 3 aliphatic heterocycles. The third kappa shape index (κ3) is 11.1. The Morgan fingerprint density at radius 1 is 0.870 bits per heavy atom. The first kappa shape index (κ1) is 35.5. The number of carbonyl (C=O) groups is 1. The topological polar surface area (TPSA) is 81.7 Å². The lowest BCUT2D eigenvalue weighted by atomic mass is 9.84. The van der Waals surface area contributed by atoms with E-state index in [1.54, 1.807) is 0 Å². The summed E-state index contributed by atoms with van der Waals surface area (Å²) in [6, 6.07) is 10.6. The van der Waals surface area contributed by atoms with Crippen molar-refractivity contribution in [1.29, 1.82) is 0 Å². The van der Waals surface area contributed by atoms with Crippen molar-refractivity contribution in [3.05, 3.63) is 48.0 Å². The largest absolute Gasteiger partial charge is 0.463 e. The van der Waals surface area contributed by atoms with E-state index in [9.17, 15) is 4.79 Å². The molecule has 1 aromatic carbocycles. The number of unbranched alkanes of at least 4 members (excludes halogenated alkanes) is 1. The van der Waals surface area contributed by atoms with Gasteiger partial charge in [0.2, 0.25) is 0 Å². The molecule has 8 nitrogen and oxygen atoms in total. The van der Waals surface area contributed by atoms with Gasteiger partial charge in [0.25, 0.3) is 0 Å². The summed E-state index contributed by atoms with van der Waals surface area (Å²) in [4.78, 5) is 12.0. The zero-order valence-electron chi connectivity index (χ0n) is 28.3. The molecular formula is C38H58O8. The predicted octanol–water partition coefficient (Wildman–Crippen LogP) is 7.67. The van der Waals surface area contributed by atoms with Gasteiger partial charge >= 0.3 is 5.97 Å². The van der Waals surface area contributed by atoms with Crippen LogP contribution in [0.4, 0.5) is 0 Å². The van der Waals surface area contributed by atoms with Crippen LogP contribution in [-0.2, 0) is 44.4 Å². The number of hydrogen-bond acceptors (Lipinski definition) is 8. The Morgan fingerprint density at radius 3 is 2.17 bits per heavy atom. The minimum Gasteiger partial charge on any atom is -0.463 e. The van der Waals surface area contributed by atoms with Crippen molar-refractivity contribution < 1.29 is 38.0 Å². The monoisotopic (exact) mass is 642 g/mol. The van der Waals surface area contributed by atoms with Crippen molar-refractivity contribution in [2.24, 2.45) is 11.8 Å². The molecule has 0 N–H and O–H groups in total. The first-order chi connectivity index (χ1) is 22.5. The molecule has 3 saturated heterocycles. The molecule has 258 valence electrons. The van der Waals surface area contributed by atoms with E-state index in [0.717, 1.165) is 103 Å². The zero-order chi connectivity index (χ0) is 32.0. The maximum atomic E-state index is 12.0. The zero-order valence-corrected chi connectivity index (χ0v) is 28.3. The molecule has 0 radical (unpaired) electrons. The van der Waals surface area contributed by atoms with Crippen LogP contribution in [0.15, 0.2) is 42.5 Å². The molecule has 0 bridgehead atoms. The van der Waals surface area contributed by atoms with Crippen LogP contribution in [0.1, 0.15) is 109 Å². The lowest BCUT2D eigenvalue weighted by Crippen LogP contribution is -2.35. The van der Waals surface area contributed by atoms with Crippen LogP contribution < -0.4 is 0 Å². The average molecular weight is 643 g/mol. The highest BCUT2D eigenvalue weighted by Gasteiger charge is 2.47. The molecule has 6 atom stereocenters. The number of hydrogen-bond donors (Lipinski definition) is 0. The second-order valence-corrected chi connectivity index (χ2v) is 13.8. The van der Waals surface area contributed by atoms with Crippen molar-refractivity contribution in [2.75, 3.05) is 26.4 Å². The summed E-state index contributed by atoms with van der Waals surface area (Å²) >= 11 is 0. The van der Waals surface area contributed by atoms with E-state index in [-0.39, 0.29) is 48.7 Å². The van der Waals surface area contributed by atoms with Crippen LogP contribution in [0, 0.1) is 11.8 Å². The van der Waals surface area contributed by atoms with E-state index < -0.39 is 5.79 Å². The molecule has 1 aliphatic carbocycles. The van der Waals surface area contributed by atoms with Gasteiger partial charge in [0.05, 0.1) is 31.5 Å². The normalized spacial score (nSPS) is 29.9. The van der Waals surface area contributed by atoms with Gasteiger partial charge in [0.15, 0.2) is 18.4 Å². The third-order valence-corrected chi connectivity index (χ3v) is 9.90. The number of ether oxygens (including phenoxy) is 7. The smallest absolute Gasteiger partial charge is 0.306 e. The lowest BCUT2D eigenvalue weighted by Gasteiger charge is -2.34. The van der Waals surface area contributed by atoms with Crippen molar-refractivity contribution >= 4 is 5.97 Å². The third-order valence-electron chi connectivity index (χ3n) is 9.90. The van der Waals surface area contributed by atoms with Gasteiger partial charge in [-0.25, -0.2) is 0 Å². The average Bonchev–Trinajstić information content (AvgIpc) is 3.66. The van der Waals surface area contributed by atoms with Crippen molar-refractivity contribution in [3.63, 3.8) is 0 Å². The number of aryl methyl sites for hydroxylation is 1. The highest BCUT2D eigenvalue weighted by atomic mass is 16.7. The second-order valence-electron chi connectivity index (χ2n) is 13.8. The Morgan fingerprint density at radius 2 is 1.54 bits per heavy atom. The number of esters is 1. The summed E-state index contributed by atoms with van der Waals surface area (Å²) in [5.41, 5.74) is 1.30. The highest BCUT2D eigenvalue weighted by Crippen LogP contribution is 2.45. The van der Waals surface area contributed by atoms with Gasteiger partial charge in [0.1, 0.15) is 0 Å². The van der Waals surface area contributed by atoms with Crippen molar-refractivity contribution in [2.45, 2.75) is 147 Å². The van der Waals surface area contributed by atoms with E-state index in [2.05, 4.69) is 42.5 Å². The molecule has 0 aromatic heterocycles. The Balaban J connectivity index is 1.27. The fraction of sp³-hybridized carbons (Fsp3) is 0.763. The summed E-state index contributed by atoms with van der Waals surface area (Å²) in [6.45, 7) is 6.58. The van der Waals surface area contributed by atoms with Crippen LogP contribution in [0.5, 0.6) is 0 Å². The fourth-order valence-electron chi connectivity index (χ4n) is 7.53. The maximum Gasteiger partial charge on any atom is 0.306 e. The Hall–Kier alpha value is -1.81. The molecule has 46 heavy (non-hydrogen) atoms. The first-order valence-corrected chi connectivity index (χ1v) is 18.2. The molecule has 1 aromatic rings. The van der Waals surface area contributed by atoms with Gasteiger partial charge in [-0.3, -0.25) is 4.79 Å². The van der Waals surface area contributed by atoms with Gasteiger partial charge < -0.3 is 33.2 Å². The highest BCUT2D eigenvalue weighted by molar-refractivity contribution is 5.69. The van der Waals surface area contributed by atoms with Crippen LogP contribution in [0.25, 0.3) is 0 Å². The molecule has 1 saturated carbocycles. The number of benzene rings is 1. The quantitative estimate of drug-likeness (QED) is 0.0973. The second kappa shape index (κ2) is 18.7. The van der Waals surface area contributed by atoms with Gasteiger partial charge in [-0.2, -0.15) is 0 Å². The first-order valence-electron chi connectivity index (χ1n) is 18.2. The van der Waals surface area contributed by atoms with E-state index in [4.69, 9.17) is 33.2 Å². The summed E-state index contributed by atoms with van der Waals surface area (Å²) < 4.78 is 43.7. The van der Waals surface area contributed by atoms with Crippen LogP contribution in [0.2, 0.25) is 0 Å². The Labute approximate surface area is 276 Å². The van der Waals surface area contributed by atoms with Crippen molar-refractivity contribution in [1.82, 2.24) is 0 Å². The molecule has 8 heteroatoms. The van der Waals surface area contributed by atoms with Crippen LogP contribution >= 0.6 is 0 Å². The molecule has 3 heterocycles. The number of carbonyl (C=O) groups excluding carboxylic acids is 1. The summed E-state index contributed by atoms with van der Waals surface area (Å²) in [5, 5.41) is 0. The minimum absolute atomic E-state index is 0.0356. The molecule has 0 amide bonds. The van der Waals surface area contributed by atoms with E-state index in [1.807, 2.05) is 13.8 Å². The van der Waals surface area contributed by atoms with Crippen LogP contribution in [0.3, 0.4) is 0 Å². The number of rotatable bonds is 17. The molecule has 4 aliphatic rings. The maximum absolute atomic E-state index is 12.0. The van der Waals surface area contributed by atoms with Crippen molar-refractivity contribution in [3.8, 4) is 0 Å². The SMILES string of the molecule is CC(C)OC(=O)CCC/C=C\C[C@@H]1[C@@H](CCC2(CCc3ccccc3)OCCO2)[C@@H](OC2CCCCO2)C[C@@H]1OC1CCCCO1. The van der Waals surface area contributed by atoms with Gasteiger partial charge in [-0.1, -0.05) is 42.5 Å². The van der Waals surface area contributed by atoms with E-state index in [1.165, 1.54) is 5.56 Å². The summed E-state index contributed by atoms with van der Waals surface area (Å²) in [5.74, 6) is -0.152. The number of allylic oxidation sites excluding steroid dienone is 2. The van der Waals surface area contributed by atoms with E-state index >= 15 is 0 Å². The molecule has 2 unspecified atom stereocenters. The standard InChI is InChI=1S/C38H58O8/c1-29(2)44-35(39)17-9-4-3-8-16-31-32(21-23-38(42-26-27-43-38)22-20-30-14-6-5-7-15-30)34(46-37-19-11-13-25-41-37)28-33(31)45-36-18-10-12-24-40-36/h3,5-8,14-15,29,31-34,36-37H,4,9-13,16-28H2,1-2H3/b8-3-/t31-,32-,33+,34+,36?,37?/m1/s1. The minimum atomic E-state index is -0.571. The summed E-state index contributed by atoms with van der Waals surface area (Å²) in [7, 11) is 0. The fourth-order valence-corrected chi connectivity index (χ4v) is 7.53. The summed E-state index contributed by atoms with van der Waals surface area (Å²) in [6.07, 6.45) is 17.9. The lowest BCUT2D eigenvalue weighted by molar-refractivity contribution is -0.205. The molecule has 4 fully saturated rings. The van der Waals surface area contributed by atoms with Gasteiger partial charge in [-0.15, -0.1) is 0 Å². The Bertz CT molecular complexity index is 1030. The molecule has 5 rings (SSSR count). The van der Waals surface area contributed by atoms with E-state index in [0.29, 0.717) is 19.6 Å². The molecular weight excluding hydrogens is 584 g/mol. The van der Waals surface area contributed by atoms with Gasteiger partial charge in [0, 0.05) is 38.9 Å².